The summed E-state index contributed by atoms with van der Waals surface area (Å²) in [5.74, 6) is -0.541. The van der Waals surface area contributed by atoms with Gasteiger partial charge in [-0.05, 0) is 50.3 Å². The topological polar surface area (TPSA) is 94.1 Å². The molecule has 1 aromatic heterocycles. The molecule has 2 aromatic rings. The Kier molecular flexibility index (Phi) is 5.07. The molecule has 0 radical (unpaired) electrons. The van der Waals surface area contributed by atoms with Crippen LogP contribution in [0.3, 0.4) is 0 Å². The van der Waals surface area contributed by atoms with Gasteiger partial charge in [-0.2, -0.15) is 10.1 Å². The van der Waals surface area contributed by atoms with Crippen LogP contribution >= 0.6 is 23.8 Å². The number of hydrogen-bond acceptors (Lipinski definition) is 6. The first-order valence-corrected chi connectivity index (χ1v) is 7.19. The Hall–Kier alpha value is -2.03. The van der Waals surface area contributed by atoms with E-state index < -0.39 is 5.91 Å². The molecule has 0 saturated heterocycles. The van der Waals surface area contributed by atoms with Gasteiger partial charge in [-0.15, -0.1) is 0 Å². The summed E-state index contributed by atoms with van der Waals surface area (Å²) >= 11 is 10.7. The van der Waals surface area contributed by atoms with Gasteiger partial charge in [-0.1, -0.05) is 11.6 Å². The van der Waals surface area contributed by atoms with E-state index >= 15 is 0 Å². The molecule has 2 rings (SSSR count). The Morgan fingerprint density at radius 1 is 1.41 bits per heavy atom. The predicted octanol–water partition coefficient (Wildman–Crippen LogP) is 2.85. The van der Waals surface area contributed by atoms with Crippen molar-refractivity contribution >= 4 is 41.2 Å². The number of halogens is 1. The number of anilines is 2. The van der Waals surface area contributed by atoms with Gasteiger partial charge in [0.05, 0.1) is 5.69 Å². The summed E-state index contributed by atoms with van der Waals surface area (Å²) in [5, 5.41) is 20.6. The molecule has 1 amide bonds. The number of H-pyrrole nitrogens is 1. The first kappa shape index (κ1) is 16.3. The number of benzene rings is 1. The smallest absolute Gasteiger partial charge is 0.275 e. The quantitative estimate of drug-likeness (QED) is 0.585. The van der Waals surface area contributed by atoms with E-state index in [-0.39, 0.29) is 22.3 Å². The molecule has 9 heteroatoms. The van der Waals surface area contributed by atoms with Gasteiger partial charge in [0, 0.05) is 11.1 Å². The molecule has 0 aliphatic carbocycles. The summed E-state index contributed by atoms with van der Waals surface area (Å²) in [7, 11) is 0. The van der Waals surface area contributed by atoms with Crippen molar-refractivity contribution in [3.05, 3.63) is 39.8 Å². The van der Waals surface area contributed by atoms with Crippen LogP contribution in [0.1, 0.15) is 24.3 Å². The van der Waals surface area contributed by atoms with Crippen LogP contribution in [-0.2, 0) is 0 Å². The number of amides is 1. The molecular weight excluding hydrogens is 326 g/mol. The van der Waals surface area contributed by atoms with Crippen molar-refractivity contribution in [2.45, 2.75) is 19.9 Å². The third kappa shape index (κ3) is 3.79. The van der Waals surface area contributed by atoms with Gasteiger partial charge < -0.3 is 5.32 Å². The van der Waals surface area contributed by atoms with Crippen molar-refractivity contribution in [2.24, 2.45) is 0 Å². The highest BCUT2D eigenvalue weighted by Crippen LogP contribution is 2.24. The van der Waals surface area contributed by atoms with Crippen LogP contribution in [0.2, 0.25) is 5.02 Å². The van der Waals surface area contributed by atoms with Gasteiger partial charge in [0.25, 0.3) is 5.91 Å². The van der Waals surface area contributed by atoms with Gasteiger partial charge in [-0.3, -0.25) is 15.1 Å². The van der Waals surface area contributed by atoms with E-state index in [0.29, 0.717) is 10.7 Å². The summed E-state index contributed by atoms with van der Waals surface area (Å²) < 4.78 is 0.0455. The molecule has 0 spiro atoms. The summed E-state index contributed by atoms with van der Waals surface area (Å²) in [6.45, 7) is 3.62. The van der Waals surface area contributed by atoms with Crippen molar-refractivity contribution in [3.8, 4) is 0 Å². The fraction of sp³-hybridized carbons (Fsp3) is 0.231. The lowest BCUT2D eigenvalue weighted by Crippen LogP contribution is -2.33. The van der Waals surface area contributed by atoms with Crippen LogP contribution in [0.4, 0.5) is 11.5 Å². The van der Waals surface area contributed by atoms with Crippen molar-refractivity contribution in [3.63, 3.8) is 0 Å². The molecule has 7 nitrogen and oxygen atoms in total. The van der Waals surface area contributed by atoms with E-state index in [9.17, 15) is 10.0 Å². The molecule has 0 aliphatic rings. The Bertz CT molecular complexity index is 732. The van der Waals surface area contributed by atoms with E-state index in [1.807, 2.05) is 13.8 Å². The fourth-order valence-electron chi connectivity index (χ4n) is 1.66. The van der Waals surface area contributed by atoms with Gasteiger partial charge in [0.2, 0.25) is 4.77 Å². The highest BCUT2D eigenvalue weighted by atomic mass is 35.5. The minimum Gasteiger partial charge on any atom is -0.348 e. The lowest BCUT2D eigenvalue weighted by atomic mass is 10.3. The number of rotatable bonds is 4. The largest absolute Gasteiger partial charge is 0.348 e. The lowest BCUT2D eigenvalue weighted by molar-refractivity contribution is 0.0935. The highest BCUT2D eigenvalue weighted by molar-refractivity contribution is 7.71. The summed E-state index contributed by atoms with van der Waals surface area (Å²) in [6, 6.07) is 6.27. The van der Waals surface area contributed by atoms with Crippen LogP contribution in [-0.4, -0.2) is 32.3 Å². The van der Waals surface area contributed by atoms with Crippen LogP contribution in [0.25, 0.3) is 0 Å². The molecule has 1 aromatic carbocycles. The first-order chi connectivity index (χ1) is 10.4. The Morgan fingerprint density at radius 2 is 2.05 bits per heavy atom. The summed E-state index contributed by atoms with van der Waals surface area (Å²) in [4.78, 5) is 16.1. The zero-order valence-electron chi connectivity index (χ0n) is 11.9. The van der Waals surface area contributed by atoms with Gasteiger partial charge in [0.1, 0.15) is 0 Å². The Morgan fingerprint density at radius 3 is 2.64 bits per heavy atom. The average molecular weight is 340 g/mol. The third-order valence-corrected chi connectivity index (χ3v) is 3.02. The maximum Gasteiger partial charge on any atom is 0.275 e. The van der Waals surface area contributed by atoms with Crippen LogP contribution in [0.5, 0.6) is 0 Å². The van der Waals surface area contributed by atoms with Crippen molar-refractivity contribution in [2.75, 3.05) is 5.06 Å². The molecule has 0 atom stereocenters. The maximum absolute atomic E-state index is 12.2. The molecule has 0 unspecified atom stereocenters. The molecule has 1 heterocycles. The SMILES string of the molecule is CC(C)NC(=O)c1n[nH]c(=S)nc1N(O)c1ccc(Cl)cc1. The predicted molar refractivity (Wildman–Crippen MR) is 85.2 cm³/mol. The van der Waals surface area contributed by atoms with E-state index in [4.69, 9.17) is 23.8 Å². The van der Waals surface area contributed by atoms with Crippen LogP contribution in [0.15, 0.2) is 24.3 Å². The number of nitrogens with one attached hydrogen (secondary N) is 2. The van der Waals surface area contributed by atoms with E-state index in [2.05, 4.69) is 20.5 Å². The normalized spacial score (nSPS) is 10.6. The maximum atomic E-state index is 12.2. The summed E-state index contributed by atoms with van der Waals surface area (Å²) in [5.41, 5.74) is 0.303. The molecule has 116 valence electrons. The van der Waals surface area contributed by atoms with Crippen molar-refractivity contribution in [1.82, 2.24) is 20.5 Å². The lowest BCUT2D eigenvalue weighted by Gasteiger charge is -2.18. The molecule has 22 heavy (non-hydrogen) atoms. The van der Waals surface area contributed by atoms with Crippen molar-refractivity contribution < 1.29 is 10.0 Å². The second-order valence-corrected chi connectivity index (χ2v) is 5.55. The third-order valence-electron chi connectivity index (χ3n) is 2.59. The molecule has 0 fully saturated rings. The molecule has 0 saturated carbocycles. The number of nitrogens with zero attached hydrogens (tertiary/aromatic N) is 3. The number of carbonyl (C=O) groups is 1. The standard InChI is InChI=1S/C13H14ClN5O2S/c1-7(2)15-12(20)10-11(16-13(22)18-17-10)19(21)9-5-3-8(14)4-6-9/h3-7,21H,1-2H3,(H,15,20)(H,16,18,22). The van der Waals surface area contributed by atoms with Gasteiger partial charge in [0.15, 0.2) is 11.5 Å². The second kappa shape index (κ2) is 6.82. The second-order valence-electron chi connectivity index (χ2n) is 4.73. The van der Waals surface area contributed by atoms with E-state index in [1.165, 1.54) is 0 Å². The molecule has 0 aliphatic heterocycles. The van der Waals surface area contributed by atoms with E-state index in [0.717, 1.165) is 5.06 Å². The Balaban J connectivity index is 2.44. The highest BCUT2D eigenvalue weighted by Gasteiger charge is 2.21. The van der Waals surface area contributed by atoms with Gasteiger partial charge >= 0.3 is 0 Å². The molecule has 3 N–H and O–H groups in total. The monoisotopic (exact) mass is 339 g/mol. The fourth-order valence-corrected chi connectivity index (χ4v) is 1.92. The minimum absolute atomic E-state index is 0.0455. The molecular formula is C13H14ClN5O2S. The summed E-state index contributed by atoms with van der Waals surface area (Å²) in [6.07, 6.45) is 0. The van der Waals surface area contributed by atoms with Crippen LogP contribution < -0.4 is 10.4 Å². The number of aromatic nitrogens is 3. The number of aromatic amines is 1. The van der Waals surface area contributed by atoms with Crippen LogP contribution in [0, 0.1) is 4.77 Å². The molecule has 0 bridgehead atoms. The average Bonchev–Trinajstić information content (AvgIpc) is 2.46. The zero-order chi connectivity index (χ0) is 16.3. The zero-order valence-corrected chi connectivity index (χ0v) is 13.4. The van der Waals surface area contributed by atoms with Crippen molar-refractivity contribution in [1.29, 1.82) is 0 Å². The Labute approximate surface area is 136 Å². The first-order valence-electron chi connectivity index (χ1n) is 6.40. The number of carbonyl (C=O) groups excluding carboxylic acids is 1. The number of hydrogen-bond donors (Lipinski definition) is 3. The van der Waals surface area contributed by atoms with E-state index in [1.54, 1.807) is 24.3 Å². The van der Waals surface area contributed by atoms with Gasteiger partial charge in [-0.25, -0.2) is 5.06 Å². The minimum atomic E-state index is -0.475.